The zero-order valence-corrected chi connectivity index (χ0v) is 10.9. The molecule has 0 spiro atoms. The Morgan fingerprint density at radius 2 is 1.21 bits per heavy atom. The van der Waals surface area contributed by atoms with Gasteiger partial charge in [0.05, 0.1) is 14.2 Å². The molecule has 0 saturated carbocycles. The minimum Gasteiger partial charge on any atom is -0.504 e. The van der Waals surface area contributed by atoms with E-state index in [0.717, 1.165) is 11.1 Å². The van der Waals surface area contributed by atoms with Crippen LogP contribution in [0, 0.1) is 0 Å². The summed E-state index contributed by atoms with van der Waals surface area (Å²) >= 11 is 0. The lowest BCUT2D eigenvalue weighted by Gasteiger charge is -2.09. The summed E-state index contributed by atoms with van der Waals surface area (Å²) in [5.41, 5.74) is 2.00. The van der Waals surface area contributed by atoms with Crippen LogP contribution in [0.15, 0.2) is 36.4 Å². The first-order valence-electron chi connectivity index (χ1n) is 5.86. The number of aromatic hydroxyl groups is 2. The summed E-state index contributed by atoms with van der Waals surface area (Å²) in [7, 11) is 3.03. The van der Waals surface area contributed by atoms with Crippen LogP contribution >= 0.6 is 0 Å². The molecule has 2 N–H and O–H groups in total. The minimum atomic E-state index is 0.120. The van der Waals surface area contributed by atoms with Crippen molar-refractivity contribution in [3.63, 3.8) is 0 Å². The maximum absolute atomic E-state index is 9.54. The summed E-state index contributed by atoms with van der Waals surface area (Å²) in [6.07, 6.45) is 0.660. The van der Waals surface area contributed by atoms with Crippen LogP contribution in [0.5, 0.6) is 23.0 Å². The lowest BCUT2D eigenvalue weighted by molar-refractivity contribution is 0.372. The lowest BCUT2D eigenvalue weighted by atomic mass is 10.0. The molecule has 4 heteroatoms. The van der Waals surface area contributed by atoms with Gasteiger partial charge < -0.3 is 19.7 Å². The highest BCUT2D eigenvalue weighted by Gasteiger charge is 2.06. The van der Waals surface area contributed by atoms with Crippen LogP contribution in [0.4, 0.5) is 0 Å². The first kappa shape index (κ1) is 13.1. The van der Waals surface area contributed by atoms with E-state index in [1.165, 1.54) is 14.2 Å². The number of benzene rings is 2. The van der Waals surface area contributed by atoms with Crippen molar-refractivity contribution >= 4 is 0 Å². The van der Waals surface area contributed by atoms with Crippen molar-refractivity contribution in [2.24, 2.45) is 0 Å². The Balaban J connectivity index is 2.25. The topological polar surface area (TPSA) is 58.9 Å². The van der Waals surface area contributed by atoms with E-state index in [-0.39, 0.29) is 11.5 Å². The van der Waals surface area contributed by atoms with Gasteiger partial charge in [-0.1, -0.05) is 12.1 Å². The van der Waals surface area contributed by atoms with Crippen molar-refractivity contribution in [2.75, 3.05) is 14.2 Å². The van der Waals surface area contributed by atoms with Gasteiger partial charge in [-0.25, -0.2) is 0 Å². The number of hydrogen-bond donors (Lipinski definition) is 2. The number of rotatable bonds is 4. The fourth-order valence-electron chi connectivity index (χ4n) is 1.90. The fourth-order valence-corrected chi connectivity index (χ4v) is 1.90. The maximum atomic E-state index is 9.54. The van der Waals surface area contributed by atoms with Gasteiger partial charge in [0.15, 0.2) is 23.0 Å². The van der Waals surface area contributed by atoms with Gasteiger partial charge in [-0.05, 0) is 41.8 Å². The van der Waals surface area contributed by atoms with Crippen LogP contribution in [0.2, 0.25) is 0 Å². The zero-order valence-electron chi connectivity index (χ0n) is 10.9. The molecule has 2 aromatic rings. The molecule has 0 amide bonds. The molecule has 2 aromatic carbocycles. The molecule has 100 valence electrons. The fraction of sp³-hybridized carbons (Fsp3) is 0.200. The molecule has 4 nitrogen and oxygen atoms in total. The van der Waals surface area contributed by atoms with Crippen molar-refractivity contribution in [1.82, 2.24) is 0 Å². The summed E-state index contributed by atoms with van der Waals surface area (Å²) in [6, 6.07) is 10.4. The van der Waals surface area contributed by atoms with Gasteiger partial charge in [0.25, 0.3) is 0 Å². The van der Waals surface area contributed by atoms with E-state index in [1.54, 1.807) is 24.3 Å². The van der Waals surface area contributed by atoms with E-state index in [0.29, 0.717) is 17.9 Å². The number of methoxy groups -OCH3 is 2. The van der Waals surface area contributed by atoms with Crippen LogP contribution in [0.25, 0.3) is 0 Å². The Morgan fingerprint density at radius 3 is 1.58 bits per heavy atom. The van der Waals surface area contributed by atoms with Gasteiger partial charge in [-0.3, -0.25) is 0 Å². The second kappa shape index (κ2) is 5.52. The van der Waals surface area contributed by atoms with E-state index in [9.17, 15) is 10.2 Å². The molecule has 0 aromatic heterocycles. The Hall–Kier alpha value is -2.36. The normalized spacial score (nSPS) is 10.2. The minimum absolute atomic E-state index is 0.120. The zero-order chi connectivity index (χ0) is 13.8. The summed E-state index contributed by atoms with van der Waals surface area (Å²) < 4.78 is 10.1. The Bertz CT molecular complexity index is 527. The molecule has 19 heavy (non-hydrogen) atoms. The number of phenols is 2. The van der Waals surface area contributed by atoms with Crippen molar-refractivity contribution < 1.29 is 19.7 Å². The SMILES string of the molecule is COc1cc(Cc2ccc(O)c(OC)c2)ccc1O. The molecule has 0 saturated heterocycles. The van der Waals surface area contributed by atoms with Crippen molar-refractivity contribution in [3.05, 3.63) is 47.5 Å². The van der Waals surface area contributed by atoms with Crippen LogP contribution in [0.3, 0.4) is 0 Å². The summed E-state index contributed by atoms with van der Waals surface area (Å²) in [4.78, 5) is 0. The predicted octanol–water partition coefficient (Wildman–Crippen LogP) is 2.71. The molecule has 0 bridgehead atoms. The largest absolute Gasteiger partial charge is 0.504 e. The average Bonchev–Trinajstić information content (AvgIpc) is 2.43. The monoisotopic (exact) mass is 260 g/mol. The van der Waals surface area contributed by atoms with Gasteiger partial charge in [0, 0.05) is 0 Å². The quantitative estimate of drug-likeness (QED) is 0.887. The van der Waals surface area contributed by atoms with Gasteiger partial charge in [-0.2, -0.15) is 0 Å². The molecule has 0 atom stereocenters. The Kier molecular flexibility index (Phi) is 3.80. The standard InChI is InChI=1S/C15H16O4/c1-18-14-8-10(3-5-12(14)16)7-11-4-6-13(17)15(9-11)19-2/h3-6,8-9,16-17H,7H2,1-2H3. The second-order valence-corrected chi connectivity index (χ2v) is 4.19. The summed E-state index contributed by atoms with van der Waals surface area (Å²) in [6.45, 7) is 0. The lowest BCUT2D eigenvalue weighted by Crippen LogP contribution is -1.92. The number of phenolic OH excluding ortho intramolecular Hbond substituents is 2. The molecule has 0 heterocycles. The van der Waals surface area contributed by atoms with Crippen molar-refractivity contribution in [1.29, 1.82) is 0 Å². The van der Waals surface area contributed by atoms with Crippen LogP contribution in [0.1, 0.15) is 11.1 Å². The van der Waals surface area contributed by atoms with E-state index >= 15 is 0 Å². The molecule has 0 aliphatic rings. The molecule has 0 fully saturated rings. The summed E-state index contributed by atoms with van der Waals surface area (Å²) in [5, 5.41) is 19.1. The molecule has 0 radical (unpaired) electrons. The number of ether oxygens (including phenoxy) is 2. The molecule has 0 aliphatic heterocycles. The highest BCUT2D eigenvalue weighted by atomic mass is 16.5. The molecule has 0 unspecified atom stereocenters. The number of hydrogen-bond acceptors (Lipinski definition) is 4. The van der Waals surface area contributed by atoms with E-state index in [2.05, 4.69) is 0 Å². The van der Waals surface area contributed by atoms with Gasteiger partial charge >= 0.3 is 0 Å². The Labute approximate surface area is 111 Å². The molecule has 2 rings (SSSR count). The smallest absolute Gasteiger partial charge is 0.160 e. The first-order chi connectivity index (χ1) is 9.13. The van der Waals surface area contributed by atoms with Crippen LogP contribution in [-0.2, 0) is 6.42 Å². The molecular weight excluding hydrogens is 244 g/mol. The highest BCUT2D eigenvalue weighted by Crippen LogP contribution is 2.30. The first-order valence-corrected chi connectivity index (χ1v) is 5.86. The van der Waals surface area contributed by atoms with E-state index in [1.807, 2.05) is 12.1 Å². The van der Waals surface area contributed by atoms with E-state index in [4.69, 9.17) is 9.47 Å². The predicted molar refractivity (Wildman–Crippen MR) is 72.1 cm³/mol. The molecule has 0 aliphatic carbocycles. The van der Waals surface area contributed by atoms with Gasteiger partial charge in [0.1, 0.15) is 0 Å². The second-order valence-electron chi connectivity index (χ2n) is 4.19. The third-order valence-electron chi connectivity index (χ3n) is 2.90. The maximum Gasteiger partial charge on any atom is 0.160 e. The summed E-state index contributed by atoms with van der Waals surface area (Å²) in [5.74, 6) is 1.13. The molecular formula is C15H16O4. The van der Waals surface area contributed by atoms with Crippen LogP contribution < -0.4 is 9.47 Å². The highest BCUT2D eigenvalue weighted by molar-refractivity contribution is 5.46. The van der Waals surface area contributed by atoms with Crippen molar-refractivity contribution in [2.45, 2.75) is 6.42 Å². The third kappa shape index (κ3) is 2.91. The van der Waals surface area contributed by atoms with Crippen molar-refractivity contribution in [3.8, 4) is 23.0 Å². The third-order valence-corrected chi connectivity index (χ3v) is 2.90. The van der Waals surface area contributed by atoms with E-state index < -0.39 is 0 Å². The van der Waals surface area contributed by atoms with Gasteiger partial charge in [-0.15, -0.1) is 0 Å². The average molecular weight is 260 g/mol. The van der Waals surface area contributed by atoms with Crippen LogP contribution in [-0.4, -0.2) is 24.4 Å². The van der Waals surface area contributed by atoms with Gasteiger partial charge in [0.2, 0.25) is 0 Å². The Morgan fingerprint density at radius 1 is 0.789 bits per heavy atom.